The van der Waals surface area contributed by atoms with Crippen molar-refractivity contribution in [2.24, 2.45) is 15.7 Å². The number of amidine groups is 1. The first-order valence-electron chi connectivity index (χ1n) is 7.62. The summed E-state index contributed by atoms with van der Waals surface area (Å²) in [5.74, 6) is -0.455. The molecule has 6 nitrogen and oxygen atoms in total. The van der Waals surface area contributed by atoms with Gasteiger partial charge in [-0.3, -0.25) is 9.79 Å². The number of carbonyl (C=O) groups excluding carboxylic acids is 1. The molecule has 25 heavy (non-hydrogen) atoms. The van der Waals surface area contributed by atoms with Crippen LogP contribution in [0.2, 0.25) is 0 Å². The highest BCUT2D eigenvalue weighted by atomic mass is 16.3. The molecule has 0 bridgehead atoms. The molecular weight excluding hydrogens is 316 g/mol. The fourth-order valence-corrected chi connectivity index (χ4v) is 2.04. The molecule has 0 unspecified atom stereocenters. The number of aliphatic imine (C=N–C) groups is 2. The Labute approximate surface area is 146 Å². The number of para-hydroxylation sites is 1. The first-order chi connectivity index (χ1) is 12.0. The van der Waals surface area contributed by atoms with Crippen LogP contribution in [0.1, 0.15) is 11.1 Å². The molecular formula is C19H20N4O2. The quantitative estimate of drug-likeness (QED) is 0.557. The third kappa shape index (κ3) is 4.86. The van der Waals surface area contributed by atoms with E-state index in [0.717, 1.165) is 5.56 Å². The van der Waals surface area contributed by atoms with Gasteiger partial charge in [-0.15, -0.1) is 0 Å². The van der Waals surface area contributed by atoms with Crippen molar-refractivity contribution in [1.29, 1.82) is 0 Å². The van der Waals surface area contributed by atoms with Gasteiger partial charge in [0.2, 0.25) is 0 Å². The van der Waals surface area contributed by atoms with Gasteiger partial charge in [-0.1, -0.05) is 49.0 Å². The van der Waals surface area contributed by atoms with Gasteiger partial charge >= 0.3 is 0 Å². The topological polar surface area (TPSA) is 100 Å². The zero-order valence-corrected chi connectivity index (χ0v) is 13.9. The summed E-state index contributed by atoms with van der Waals surface area (Å²) in [6.45, 7) is 3.84. The molecule has 0 aliphatic heterocycles. The normalized spacial score (nSPS) is 11.9. The fourth-order valence-electron chi connectivity index (χ4n) is 2.04. The molecule has 128 valence electrons. The molecule has 2 aromatic carbocycles. The summed E-state index contributed by atoms with van der Waals surface area (Å²) in [7, 11) is 1.49. The number of hydrogen-bond donors (Lipinski definition) is 3. The zero-order chi connectivity index (χ0) is 18.2. The number of hydrogen-bond acceptors (Lipinski definition) is 4. The summed E-state index contributed by atoms with van der Waals surface area (Å²) in [4.78, 5) is 20.6. The minimum absolute atomic E-state index is 0.0115. The number of rotatable bonds is 6. The molecule has 0 radical (unpaired) electrons. The van der Waals surface area contributed by atoms with Crippen LogP contribution in [0.3, 0.4) is 0 Å². The van der Waals surface area contributed by atoms with Crippen LogP contribution in [-0.2, 0) is 11.4 Å². The third-order valence-electron chi connectivity index (χ3n) is 3.45. The molecule has 0 aromatic heterocycles. The number of nitrogens with one attached hydrogen (secondary N) is 1. The minimum Gasteiger partial charge on any atom is -0.392 e. The van der Waals surface area contributed by atoms with Crippen LogP contribution in [0.4, 0.5) is 5.69 Å². The zero-order valence-electron chi connectivity index (χ0n) is 13.9. The first kappa shape index (κ1) is 18.1. The molecule has 0 heterocycles. The Hall–Kier alpha value is -3.25. The molecule has 6 heteroatoms. The van der Waals surface area contributed by atoms with Crippen molar-refractivity contribution in [3.8, 4) is 0 Å². The molecule has 2 rings (SSSR count). The molecule has 0 fully saturated rings. The molecule has 4 N–H and O–H groups in total. The maximum absolute atomic E-state index is 12.5. The van der Waals surface area contributed by atoms with Gasteiger partial charge in [0, 0.05) is 12.7 Å². The smallest absolute Gasteiger partial charge is 0.278 e. The Balaban J connectivity index is 2.27. The van der Waals surface area contributed by atoms with Crippen LogP contribution in [0.15, 0.2) is 71.2 Å². The lowest BCUT2D eigenvalue weighted by Crippen LogP contribution is -2.35. The second-order valence-electron chi connectivity index (χ2n) is 5.19. The van der Waals surface area contributed by atoms with Gasteiger partial charge in [-0.05, 0) is 23.3 Å². The van der Waals surface area contributed by atoms with Crippen LogP contribution in [0, 0.1) is 0 Å². The largest absolute Gasteiger partial charge is 0.392 e. The van der Waals surface area contributed by atoms with Crippen LogP contribution in [0.25, 0.3) is 5.70 Å². The molecule has 0 saturated carbocycles. The molecule has 0 atom stereocenters. The van der Waals surface area contributed by atoms with Crippen molar-refractivity contribution in [3.63, 3.8) is 0 Å². The second-order valence-corrected chi connectivity index (χ2v) is 5.19. The van der Waals surface area contributed by atoms with Crippen molar-refractivity contribution < 1.29 is 9.90 Å². The van der Waals surface area contributed by atoms with Gasteiger partial charge < -0.3 is 16.2 Å². The SMILES string of the molecule is C=C(N=C(C(=O)Nc1ccccc1)C(N)=NC)c1ccc(CO)cc1. The van der Waals surface area contributed by atoms with E-state index in [1.807, 2.05) is 18.2 Å². The van der Waals surface area contributed by atoms with Crippen molar-refractivity contribution >= 4 is 28.8 Å². The van der Waals surface area contributed by atoms with Gasteiger partial charge in [-0.2, -0.15) is 0 Å². The van der Waals surface area contributed by atoms with E-state index in [9.17, 15) is 4.79 Å². The molecule has 0 aliphatic carbocycles. The van der Waals surface area contributed by atoms with Crippen molar-refractivity contribution in [2.45, 2.75) is 6.61 Å². The van der Waals surface area contributed by atoms with Gasteiger partial charge in [-0.25, -0.2) is 4.99 Å². The number of benzene rings is 2. The number of carbonyl (C=O) groups is 1. The molecule has 1 amide bonds. The van der Waals surface area contributed by atoms with E-state index < -0.39 is 5.91 Å². The number of amides is 1. The summed E-state index contributed by atoms with van der Waals surface area (Å²) in [5.41, 5.74) is 8.30. The van der Waals surface area contributed by atoms with Gasteiger partial charge in [0.15, 0.2) is 5.71 Å². The standard InChI is InChI=1S/C19H20N4O2/c1-13(15-10-8-14(12-24)9-11-15)22-17(18(20)21-2)19(25)23-16-6-4-3-5-7-16/h3-11,24H,1,12H2,2H3,(H2,20,21)(H,23,25). The lowest BCUT2D eigenvalue weighted by Gasteiger charge is -2.09. The van der Waals surface area contributed by atoms with Crippen molar-refractivity contribution in [1.82, 2.24) is 0 Å². The van der Waals surface area contributed by atoms with E-state index in [1.165, 1.54) is 7.05 Å². The maximum atomic E-state index is 12.5. The number of nitrogens with two attached hydrogens (primary N) is 1. The lowest BCUT2D eigenvalue weighted by molar-refractivity contribution is -0.110. The summed E-state index contributed by atoms with van der Waals surface area (Å²) < 4.78 is 0. The second kappa shape index (κ2) is 8.56. The molecule has 2 aromatic rings. The van der Waals surface area contributed by atoms with Crippen LogP contribution < -0.4 is 11.1 Å². The Morgan fingerprint density at radius 2 is 1.80 bits per heavy atom. The summed E-state index contributed by atoms with van der Waals surface area (Å²) in [6.07, 6.45) is 0. The van der Waals surface area contributed by atoms with E-state index in [2.05, 4.69) is 21.9 Å². The Kier molecular flexibility index (Phi) is 6.20. The summed E-state index contributed by atoms with van der Waals surface area (Å²) in [6, 6.07) is 16.1. The number of nitrogens with zero attached hydrogens (tertiary/aromatic N) is 2. The van der Waals surface area contributed by atoms with E-state index in [0.29, 0.717) is 16.9 Å². The van der Waals surface area contributed by atoms with E-state index in [4.69, 9.17) is 10.8 Å². The highest BCUT2D eigenvalue weighted by molar-refractivity contribution is 6.68. The highest BCUT2D eigenvalue weighted by Gasteiger charge is 2.16. The minimum atomic E-state index is -0.470. The van der Waals surface area contributed by atoms with E-state index in [1.54, 1.807) is 36.4 Å². The van der Waals surface area contributed by atoms with Crippen molar-refractivity contribution in [3.05, 3.63) is 72.3 Å². The highest BCUT2D eigenvalue weighted by Crippen LogP contribution is 2.15. The van der Waals surface area contributed by atoms with Crippen LogP contribution in [0.5, 0.6) is 0 Å². The predicted octanol–water partition coefficient (Wildman–Crippen LogP) is 2.22. The average Bonchev–Trinajstić information content (AvgIpc) is 2.66. The van der Waals surface area contributed by atoms with E-state index >= 15 is 0 Å². The Morgan fingerprint density at radius 1 is 1.16 bits per heavy atom. The molecule has 0 saturated heterocycles. The maximum Gasteiger partial charge on any atom is 0.278 e. The summed E-state index contributed by atoms with van der Waals surface area (Å²) >= 11 is 0. The molecule has 0 spiro atoms. The Bertz CT molecular complexity index is 809. The average molecular weight is 336 g/mol. The lowest BCUT2D eigenvalue weighted by atomic mass is 10.1. The first-order valence-corrected chi connectivity index (χ1v) is 7.62. The monoisotopic (exact) mass is 336 g/mol. The van der Waals surface area contributed by atoms with Crippen molar-refractivity contribution in [2.75, 3.05) is 12.4 Å². The van der Waals surface area contributed by atoms with Crippen LogP contribution in [-0.4, -0.2) is 29.6 Å². The van der Waals surface area contributed by atoms with Gasteiger partial charge in [0.05, 0.1) is 12.3 Å². The third-order valence-corrected chi connectivity index (χ3v) is 3.45. The predicted molar refractivity (Wildman–Crippen MR) is 101 cm³/mol. The van der Waals surface area contributed by atoms with Crippen LogP contribution >= 0.6 is 0 Å². The number of aliphatic hydroxyl groups is 1. The van der Waals surface area contributed by atoms with Gasteiger partial charge in [0.25, 0.3) is 5.91 Å². The number of aliphatic hydroxyl groups excluding tert-OH is 1. The Morgan fingerprint density at radius 3 is 2.36 bits per heavy atom. The molecule has 0 aliphatic rings. The number of anilines is 1. The van der Waals surface area contributed by atoms with E-state index in [-0.39, 0.29) is 18.2 Å². The summed E-state index contributed by atoms with van der Waals surface area (Å²) in [5, 5.41) is 11.8. The fraction of sp³-hybridized carbons (Fsp3) is 0.105. The van der Waals surface area contributed by atoms with Gasteiger partial charge in [0.1, 0.15) is 5.84 Å².